The summed E-state index contributed by atoms with van der Waals surface area (Å²) in [5.41, 5.74) is 2.69. The summed E-state index contributed by atoms with van der Waals surface area (Å²) in [4.78, 5) is 26.7. The van der Waals surface area contributed by atoms with Crippen LogP contribution in [-0.4, -0.2) is 28.9 Å². The number of carbonyl (C=O) groups is 2. The molecule has 0 aromatic heterocycles. The number of nitrogens with zero attached hydrogens (tertiary/aromatic N) is 1. The molecule has 0 unspecified atom stereocenters. The van der Waals surface area contributed by atoms with Gasteiger partial charge in [0.15, 0.2) is 5.11 Å². The molecule has 3 aromatic rings. The van der Waals surface area contributed by atoms with Gasteiger partial charge in [0.25, 0.3) is 11.8 Å². The zero-order valence-electron chi connectivity index (χ0n) is 16.3. The van der Waals surface area contributed by atoms with Crippen molar-refractivity contribution < 1.29 is 9.59 Å². The van der Waals surface area contributed by atoms with Crippen molar-refractivity contribution in [2.45, 2.75) is 6.54 Å². The number of nitrogens with one attached hydrogen (secondary N) is 2. The van der Waals surface area contributed by atoms with Crippen LogP contribution in [0.15, 0.2) is 83.3 Å². The van der Waals surface area contributed by atoms with Crippen LogP contribution in [0, 0.1) is 0 Å². The predicted molar refractivity (Wildman–Crippen MR) is 127 cm³/mol. The van der Waals surface area contributed by atoms with Crippen molar-refractivity contribution in [3.63, 3.8) is 0 Å². The number of hydrogen-bond donors (Lipinski definition) is 2. The van der Waals surface area contributed by atoms with Gasteiger partial charge in [-0.15, -0.1) is 0 Å². The average Bonchev–Trinajstić information content (AvgIpc) is 2.74. The molecular formula is C23H20BrN3O2S. The minimum absolute atomic E-state index is 0.105. The van der Waals surface area contributed by atoms with E-state index >= 15 is 0 Å². The highest BCUT2D eigenvalue weighted by molar-refractivity contribution is 9.10. The van der Waals surface area contributed by atoms with E-state index in [-0.39, 0.29) is 16.9 Å². The first kappa shape index (κ1) is 21.7. The number of amides is 2. The van der Waals surface area contributed by atoms with Gasteiger partial charge in [-0.1, -0.05) is 58.4 Å². The molecule has 0 radical (unpaired) electrons. The Morgan fingerprint density at radius 2 is 1.63 bits per heavy atom. The lowest BCUT2D eigenvalue weighted by Crippen LogP contribution is -2.34. The number of anilines is 1. The van der Waals surface area contributed by atoms with E-state index in [0.717, 1.165) is 10.0 Å². The van der Waals surface area contributed by atoms with Crippen LogP contribution in [0.25, 0.3) is 0 Å². The van der Waals surface area contributed by atoms with Crippen LogP contribution in [0.1, 0.15) is 26.3 Å². The molecule has 0 spiro atoms. The van der Waals surface area contributed by atoms with Crippen molar-refractivity contribution in [3.05, 3.63) is 100 Å². The Kier molecular flexibility index (Phi) is 7.32. The molecule has 0 aliphatic rings. The Morgan fingerprint density at radius 3 is 2.37 bits per heavy atom. The van der Waals surface area contributed by atoms with Crippen LogP contribution in [0.4, 0.5) is 5.69 Å². The Morgan fingerprint density at radius 1 is 0.933 bits per heavy atom. The second-order valence-corrected chi connectivity index (χ2v) is 7.97. The molecule has 0 bridgehead atoms. The number of benzene rings is 3. The number of hydrogen-bond acceptors (Lipinski definition) is 3. The summed E-state index contributed by atoms with van der Waals surface area (Å²) in [5.74, 6) is -0.421. The maximum atomic E-state index is 12.8. The lowest BCUT2D eigenvalue weighted by atomic mass is 10.1. The highest BCUT2D eigenvalue weighted by Crippen LogP contribution is 2.15. The first-order valence-corrected chi connectivity index (χ1v) is 10.4. The Labute approximate surface area is 189 Å². The molecule has 0 saturated carbocycles. The van der Waals surface area contributed by atoms with Crippen LogP contribution in [0.3, 0.4) is 0 Å². The third-order valence-corrected chi connectivity index (χ3v) is 4.99. The number of thiocarbonyl (C=S) groups is 1. The highest BCUT2D eigenvalue weighted by atomic mass is 79.9. The third kappa shape index (κ3) is 5.98. The SMILES string of the molecule is CN(Cc1ccccc1)C(=O)c1cccc(NC(=S)NC(=O)c2cccc(Br)c2)c1. The van der Waals surface area contributed by atoms with E-state index in [2.05, 4.69) is 26.6 Å². The zero-order valence-corrected chi connectivity index (χ0v) is 18.7. The predicted octanol–water partition coefficient (Wildman–Crippen LogP) is 4.85. The average molecular weight is 482 g/mol. The lowest BCUT2D eigenvalue weighted by Gasteiger charge is -2.18. The standard InChI is InChI=1S/C23H20BrN3O2S/c1-27(15-16-7-3-2-4-8-16)22(29)18-10-6-12-20(14-18)25-23(30)26-21(28)17-9-5-11-19(24)13-17/h2-14H,15H2,1H3,(H2,25,26,28,30). The molecule has 7 heteroatoms. The first-order chi connectivity index (χ1) is 14.4. The van der Waals surface area contributed by atoms with Crippen molar-refractivity contribution in [2.24, 2.45) is 0 Å². The molecule has 0 heterocycles. The molecule has 2 N–H and O–H groups in total. The van der Waals surface area contributed by atoms with Gasteiger partial charge in [-0.05, 0) is 54.2 Å². The molecule has 0 saturated heterocycles. The van der Waals surface area contributed by atoms with Gasteiger partial charge in [0.05, 0.1) is 0 Å². The van der Waals surface area contributed by atoms with Crippen LogP contribution < -0.4 is 10.6 Å². The maximum Gasteiger partial charge on any atom is 0.257 e. The summed E-state index contributed by atoms with van der Waals surface area (Å²) in [5, 5.41) is 5.75. The Bertz CT molecular complexity index is 1070. The fourth-order valence-corrected chi connectivity index (χ4v) is 3.46. The fourth-order valence-electron chi connectivity index (χ4n) is 2.85. The molecule has 3 rings (SSSR count). The van der Waals surface area contributed by atoms with Crippen molar-refractivity contribution in [2.75, 3.05) is 12.4 Å². The lowest BCUT2D eigenvalue weighted by molar-refractivity contribution is 0.0785. The van der Waals surface area contributed by atoms with Crippen molar-refractivity contribution >= 4 is 50.8 Å². The van der Waals surface area contributed by atoms with Gasteiger partial charge in [-0.2, -0.15) is 0 Å². The van der Waals surface area contributed by atoms with Gasteiger partial charge < -0.3 is 10.2 Å². The largest absolute Gasteiger partial charge is 0.337 e. The monoisotopic (exact) mass is 481 g/mol. The van der Waals surface area contributed by atoms with Gasteiger partial charge >= 0.3 is 0 Å². The Hall–Kier alpha value is -3.03. The van der Waals surface area contributed by atoms with Crippen molar-refractivity contribution in [1.82, 2.24) is 10.2 Å². The molecule has 0 aliphatic carbocycles. The highest BCUT2D eigenvalue weighted by Gasteiger charge is 2.13. The summed E-state index contributed by atoms with van der Waals surface area (Å²) in [6, 6.07) is 23.8. The minimum atomic E-state index is -0.316. The molecule has 152 valence electrons. The van der Waals surface area contributed by atoms with E-state index in [1.54, 1.807) is 54.4 Å². The quantitative estimate of drug-likeness (QED) is 0.511. The molecule has 2 amide bonds. The molecule has 30 heavy (non-hydrogen) atoms. The molecule has 0 fully saturated rings. The first-order valence-electron chi connectivity index (χ1n) is 9.20. The van der Waals surface area contributed by atoms with Crippen molar-refractivity contribution in [3.8, 4) is 0 Å². The molecule has 3 aromatic carbocycles. The van der Waals surface area contributed by atoms with Crippen LogP contribution in [0.5, 0.6) is 0 Å². The summed E-state index contributed by atoms with van der Waals surface area (Å²) in [6.07, 6.45) is 0. The molecular weight excluding hydrogens is 462 g/mol. The van der Waals surface area contributed by atoms with E-state index in [0.29, 0.717) is 23.4 Å². The summed E-state index contributed by atoms with van der Waals surface area (Å²) in [7, 11) is 1.76. The fraction of sp³-hybridized carbons (Fsp3) is 0.0870. The Balaban J connectivity index is 1.62. The second-order valence-electron chi connectivity index (χ2n) is 6.65. The second kappa shape index (κ2) is 10.1. The van der Waals surface area contributed by atoms with Gasteiger partial charge in [0.2, 0.25) is 0 Å². The van der Waals surface area contributed by atoms with Gasteiger partial charge in [0.1, 0.15) is 0 Å². The van der Waals surface area contributed by atoms with E-state index < -0.39 is 0 Å². The van der Waals surface area contributed by atoms with E-state index in [9.17, 15) is 9.59 Å². The normalized spacial score (nSPS) is 10.2. The molecule has 0 atom stereocenters. The zero-order chi connectivity index (χ0) is 21.5. The van der Waals surface area contributed by atoms with E-state index in [1.165, 1.54) is 0 Å². The summed E-state index contributed by atoms with van der Waals surface area (Å²) in [6.45, 7) is 0.512. The number of halogens is 1. The van der Waals surface area contributed by atoms with Gasteiger partial charge in [-0.25, -0.2) is 0 Å². The third-order valence-electron chi connectivity index (χ3n) is 4.29. The minimum Gasteiger partial charge on any atom is -0.337 e. The van der Waals surface area contributed by atoms with Gasteiger partial charge in [-0.3, -0.25) is 14.9 Å². The van der Waals surface area contributed by atoms with Gasteiger partial charge in [0, 0.05) is 34.9 Å². The summed E-state index contributed by atoms with van der Waals surface area (Å²) >= 11 is 8.58. The smallest absolute Gasteiger partial charge is 0.257 e. The van der Waals surface area contributed by atoms with Crippen LogP contribution in [-0.2, 0) is 6.54 Å². The maximum absolute atomic E-state index is 12.8. The molecule has 0 aliphatic heterocycles. The van der Waals surface area contributed by atoms with Crippen LogP contribution in [0.2, 0.25) is 0 Å². The number of rotatable bonds is 5. The summed E-state index contributed by atoms with van der Waals surface area (Å²) < 4.78 is 0.805. The number of carbonyl (C=O) groups excluding carboxylic acids is 2. The van der Waals surface area contributed by atoms with E-state index in [4.69, 9.17) is 12.2 Å². The van der Waals surface area contributed by atoms with Crippen molar-refractivity contribution in [1.29, 1.82) is 0 Å². The molecule has 5 nitrogen and oxygen atoms in total. The topological polar surface area (TPSA) is 61.4 Å². The van der Waals surface area contributed by atoms with E-state index in [1.807, 2.05) is 36.4 Å². The van der Waals surface area contributed by atoms with Crippen LogP contribution >= 0.6 is 28.1 Å².